The largest absolute Gasteiger partial charge is 0.370 e. The maximum Gasteiger partial charge on any atom is 0.251 e. The molecule has 128 valence electrons. The Morgan fingerprint density at radius 2 is 1.83 bits per heavy atom. The van der Waals surface area contributed by atoms with E-state index in [2.05, 4.69) is 10.2 Å². The van der Waals surface area contributed by atoms with E-state index in [1.165, 1.54) is 6.42 Å². The van der Waals surface area contributed by atoms with Crippen molar-refractivity contribution in [2.24, 2.45) is 5.73 Å². The third kappa shape index (κ3) is 3.78. The van der Waals surface area contributed by atoms with Crippen molar-refractivity contribution in [3.63, 3.8) is 0 Å². The van der Waals surface area contributed by atoms with Crippen LogP contribution in [-0.4, -0.2) is 24.9 Å². The van der Waals surface area contributed by atoms with Gasteiger partial charge in [-0.05, 0) is 63.1 Å². The lowest BCUT2D eigenvalue weighted by molar-refractivity contribution is -0.113. The summed E-state index contributed by atoms with van der Waals surface area (Å²) in [5, 5.41) is 3.02. The highest BCUT2D eigenvalue weighted by atomic mass is 16.2. The van der Waals surface area contributed by atoms with Gasteiger partial charge in [0.2, 0.25) is 5.91 Å². The first kappa shape index (κ1) is 16.6. The molecule has 0 saturated carbocycles. The third-order valence-electron chi connectivity index (χ3n) is 4.81. The molecule has 0 bridgehead atoms. The topological polar surface area (TPSA) is 75.4 Å². The summed E-state index contributed by atoms with van der Waals surface area (Å²) in [5.74, 6) is -0.540. The number of benzene rings is 1. The monoisotopic (exact) mass is 327 g/mol. The lowest BCUT2D eigenvalue weighted by Gasteiger charge is -2.31. The van der Waals surface area contributed by atoms with E-state index in [9.17, 15) is 9.59 Å². The van der Waals surface area contributed by atoms with Gasteiger partial charge in [0, 0.05) is 24.2 Å². The molecule has 5 nitrogen and oxygen atoms in total. The molecule has 3 N–H and O–H groups in total. The van der Waals surface area contributed by atoms with Gasteiger partial charge in [0.15, 0.2) is 0 Å². The van der Waals surface area contributed by atoms with Crippen LogP contribution in [0, 0.1) is 0 Å². The lowest BCUT2D eigenvalue weighted by Crippen LogP contribution is -2.31. The van der Waals surface area contributed by atoms with Crippen LogP contribution in [0.2, 0.25) is 0 Å². The van der Waals surface area contributed by atoms with Gasteiger partial charge in [-0.25, -0.2) is 0 Å². The van der Waals surface area contributed by atoms with E-state index in [4.69, 9.17) is 5.73 Å². The number of primary amides is 1. The van der Waals surface area contributed by atoms with Gasteiger partial charge in [0.25, 0.3) is 5.91 Å². The summed E-state index contributed by atoms with van der Waals surface area (Å²) in [7, 11) is 0. The van der Waals surface area contributed by atoms with Crippen molar-refractivity contribution in [1.29, 1.82) is 0 Å². The number of allylic oxidation sites excluding steroid dienone is 1. The van der Waals surface area contributed by atoms with E-state index < -0.39 is 5.91 Å². The number of nitrogens with zero attached hydrogens (tertiary/aromatic N) is 1. The Hall–Kier alpha value is -2.30. The smallest absolute Gasteiger partial charge is 0.251 e. The lowest BCUT2D eigenvalue weighted by atomic mass is 9.99. The third-order valence-corrected chi connectivity index (χ3v) is 4.81. The zero-order valence-electron chi connectivity index (χ0n) is 14.0. The van der Waals surface area contributed by atoms with E-state index in [1.54, 1.807) is 12.1 Å². The minimum Gasteiger partial charge on any atom is -0.370 e. The summed E-state index contributed by atoms with van der Waals surface area (Å²) in [5.41, 5.74) is 8.33. The number of nitrogens with one attached hydrogen (secondary N) is 1. The Labute approximate surface area is 142 Å². The molecule has 0 spiro atoms. The normalized spacial score (nSPS) is 18.0. The zero-order valence-corrected chi connectivity index (χ0v) is 14.0. The summed E-state index contributed by atoms with van der Waals surface area (Å²) in [6, 6.07) is 5.34. The molecule has 2 amide bonds. The van der Waals surface area contributed by atoms with Crippen LogP contribution in [0.15, 0.2) is 29.8 Å². The van der Waals surface area contributed by atoms with Crippen LogP contribution in [0.4, 0.5) is 11.4 Å². The van der Waals surface area contributed by atoms with Gasteiger partial charge in [0.1, 0.15) is 0 Å². The Morgan fingerprint density at radius 1 is 1.04 bits per heavy atom. The van der Waals surface area contributed by atoms with Gasteiger partial charge in [0.05, 0.1) is 11.4 Å². The molecule has 0 aromatic heterocycles. The average Bonchev–Trinajstić information content (AvgIpc) is 2.63. The number of carbonyl (C=O) groups excluding carboxylic acids is 2. The molecule has 1 aromatic rings. The molecule has 1 aliphatic carbocycles. The molecule has 2 aliphatic rings. The van der Waals surface area contributed by atoms with Gasteiger partial charge < -0.3 is 16.0 Å². The number of carbonyl (C=O) groups is 2. The molecule has 1 saturated heterocycles. The van der Waals surface area contributed by atoms with Crippen LogP contribution in [-0.2, 0) is 4.79 Å². The molecule has 0 unspecified atom stereocenters. The maximum atomic E-state index is 12.6. The molecule has 5 heteroatoms. The van der Waals surface area contributed by atoms with Crippen LogP contribution < -0.4 is 16.0 Å². The minimum absolute atomic E-state index is 0.0606. The number of hydrogen-bond donors (Lipinski definition) is 2. The minimum atomic E-state index is -0.479. The van der Waals surface area contributed by atoms with Crippen molar-refractivity contribution >= 4 is 23.2 Å². The van der Waals surface area contributed by atoms with Gasteiger partial charge in [-0.2, -0.15) is 0 Å². The molecular weight excluding hydrogens is 302 g/mol. The highest BCUT2D eigenvalue weighted by Crippen LogP contribution is 2.30. The first-order chi connectivity index (χ1) is 11.6. The van der Waals surface area contributed by atoms with Crippen LogP contribution in [0.25, 0.3) is 0 Å². The summed E-state index contributed by atoms with van der Waals surface area (Å²) in [6.07, 6.45) is 9.55. The quantitative estimate of drug-likeness (QED) is 0.891. The predicted molar refractivity (Wildman–Crippen MR) is 96.2 cm³/mol. The molecule has 3 rings (SSSR count). The number of rotatable bonds is 4. The van der Waals surface area contributed by atoms with E-state index in [0.717, 1.165) is 62.9 Å². The molecule has 1 aliphatic heterocycles. The first-order valence-corrected chi connectivity index (χ1v) is 8.84. The van der Waals surface area contributed by atoms with Crippen molar-refractivity contribution < 1.29 is 9.59 Å². The Kier molecular flexibility index (Phi) is 5.18. The second-order valence-corrected chi connectivity index (χ2v) is 6.57. The predicted octanol–water partition coefficient (Wildman–Crippen LogP) is 3.21. The van der Waals surface area contributed by atoms with Crippen molar-refractivity contribution in [3.8, 4) is 0 Å². The highest BCUT2D eigenvalue weighted by molar-refractivity contribution is 6.06. The van der Waals surface area contributed by atoms with Crippen LogP contribution in [0.3, 0.4) is 0 Å². The zero-order chi connectivity index (χ0) is 16.9. The van der Waals surface area contributed by atoms with Gasteiger partial charge >= 0.3 is 0 Å². The van der Waals surface area contributed by atoms with Crippen molar-refractivity contribution in [3.05, 3.63) is 35.4 Å². The second-order valence-electron chi connectivity index (χ2n) is 6.57. The van der Waals surface area contributed by atoms with Crippen molar-refractivity contribution in [1.82, 2.24) is 0 Å². The molecule has 0 radical (unpaired) electrons. The number of amides is 2. The SMILES string of the molecule is NC(=O)c1ccc(N2CCCCC2)c(NC(=O)C2=CCCCC2)c1. The van der Waals surface area contributed by atoms with E-state index >= 15 is 0 Å². The standard InChI is InChI=1S/C19H25N3O2/c20-18(23)15-9-10-17(22-11-5-2-6-12-22)16(13-15)21-19(24)14-7-3-1-4-8-14/h7,9-10,13H,1-6,8,11-12H2,(H2,20,23)(H,21,24). The number of hydrogen-bond acceptors (Lipinski definition) is 3. The molecule has 24 heavy (non-hydrogen) atoms. The van der Waals surface area contributed by atoms with Gasteiger partial charge in [-0.3, -0.25) is 9.59 Å². The number of nitrogens with two attached hydrogens (primary N) is 1. The van der Waals surface area contributed by atoms with Crippen molar-refractivity contribution in [2.45, 2.75) is 44.9 Å². The van der Waals surface area contributed by atoms with E-state index in [1.807, 2.05) is 12.1 Å². The van der Waals surface area contributed by atoms with E-state index in [-0.39, 0.29) is 5.91 Å². The van der Waals surface area contributed by atoms with Crippen LogP contribution in [0.1, 0.15) is 55.3 Å². The second kappa shape index (κ2) is 7.51. The first-order valence-electron chi connectivity index (χ1n) is 8.84. The summed E-state index contributed by atoms with van der Waals surface area (Å²) >= 11 is 0. The fraction of sp³-hybridized carbons (Fsp3) is 0.474. The van der Waals surface area contributed by atoms with Crippen molar-refractivity contribution in [2.75, 3.05) is 23.3 Å². The summed E-state index contributed by atoms with van der Waals surface area (Å²) < 4.78 is 0. The fourth-order valence-corrected chi connectivity index (χ4v) is 3.45. The number of anilines is 2. The molecular formula is C19H25N3O2. The van der Waals surface area contributed by atoms with Gasteiger partial charge in [-0.1, -0.05) is 6.08 Å². The Balaban J connectivity index is 1.87. The average molecular weight is 327 g/mol. The summed E-state index contributed by atoms with van der Waals surface area (Å²) in [4.78, 5) is 26.4. The summed E-state index contributed by atoms with van der Waals surface area (Å²) in [6.45, 7) is 1.95. The Bertz CT molecular complexity index is 661. The molecule has 0 atom stereocenters. The molecule has 1 heterocycles. The van der Waals surface area contributed by atoms with E-state index in [0.29, 0.717) is 11.3 Å². The van der Waals surface area contributed by atoms with Crippen LogP contribution >= 0.6 is 0 Å². The molecule has 1 fully saturated rings. The number of piperidine rings is 1. The van der Waals surface area contributed by atoms with Gasteiger partial charge in [-0.15, -0.1) is 0 Å². The Morgan fingerprint density at radius 3 is 2.50 bits per heavy atom. The highest BCUT2D eigenvalue weighted by Gasteiger charge is 2.19. The fourth-order valence-electron chi connectivity index (χ4n) is 3.45. The van der Waals surface area contributed by atoms with Crippen LogP contribution in [0.5, 0.6) is 0 Å². The maximum absolute atomic E-state index is 12.6. The molecule has 1 aromatic carbocycles.